The van der Waals surface area contributed by atoms with Crippen LogP contribution >= 0.6 is 0 Å². The summed E-state index contributed by atoms with van der Waals surface area (Å²) in [6.07, 6.45) is 22.6. The number of nitrogens with one attached hydrogen (secondary N) is 1. The van der Waals surface area contributed by atoms with E-state index in [1.54, 1.807) is 25.7 Å². The quantitative estimate of drug-likeness (QED) is 0.183. The van der Waals surface area contributed by atoms with Crippen molar-refractivity contribution in [3.05, 3.63) is 100 Å². The zero-order chi connectivity index (χ0) is 36.0. The number of aryl methyl sites for hydroxylation is 1. The minimum atomic E-state index is 0.00981. The number of rotatable bonds is 13. The van der Waals surface area contributed by atoms with Crippen LogP contribution in [0.15, 0.2) is 89.4 Å². The minimum absolute atomic E-state index is 0.00981. The number of allylic oxidation sites excluding steroid dienone is 4. The molecule has 1 aromatic heterocycles. The molecule has 11 nitrogen and oxygen atoms in total. The molecule has 11 heteroatoms. The van der Waals surface area contributed by atoms with E-state index in [9.17, 15) is 4.79 Å². The molecule has 2 aliphatic heterocycles. The average Bonchev–Trinajstić information content (AvgIpc) is 3.11. The molecule has 0 atom stereocenters. The second-order valence-electron chi connectivity index (χ2n) is 12.0. The van der Waals surface area contributed by atoms with Crippen molar-refractivity contribution in [1.29, 1.82) is 0 Å². The molecule has 0 radical (unpaired) electrons. The van der Waals surface area contributed by atoms with Crippen LogP contribution in [0.1, 0.15) is 46.1 Å². The number of methoxy groups -OCH3 is 1. The van der Waals surface area contributed by atoms with Gasteiger partial charge in [-0.05, 0) is 83.6 Å². The third-order valence-corrected chi connectivity index (χ3v) is 7.95. The van der Waals surface area contributed by atoms with Gasteiger partial charge in [-0.1, -0.05) is 32.1 Å². The van der Waals surface area contributed by atoms with Gasteiger partial charge in [-0.2, -0.15) is 9.68 Å². The zero-order valence-corrected chi connectivity index (χ0v) is 30.7. The molecule has 0 spiro atoms. The lowest BCUT2D eigenvalue weighted by Crippen LogP contribution is -2.43. The molecule has 50 heavy (non-hydrogen) atoms. The lowest BCUT2D eigenvalue weighted by molar-refractivity contribution is -0.473. The van der Waals surface area contributed by atoms with Crippen LogP contribution in [0.2, 0.25) is 0 Å². The van der Waals surface area contributed by atoms with E-state index in [0.29, 0.717) is 31.2 Å². The Hall–Kier alpha value is -5.29. The molecule has 1 aromatic carbocycles. The maximum Gasteiger partial charge on any atom is 0.246 e. The first-order valence-electron chi connectivity index (χ1n) is 17.1. The normalized spacial score (nSPS) is 17.2. The van der Waals surface area contributed by atoms with Crippen molar-refractivity contribution in [1.82, 2.24) is 24.8 Å². The molecular weight excluding hydrogens is 628 g/mol. The van der Waals surface area contributed by atoms with Crippen LogP contribution in [-0.4, -0.2) is 95.1 Å². The fourth-order valence-electron chi connectivity index (χ4n) is 5.55. The number of hydrogen-bond donors (Lipinski definition) is 1. The molecular formula is C39H51N8O3+. The van der Waals surface area contributed by atoms with Crippen molar-refractivity contribution < 1.29 is 18.8 Å². The maximum absolute atomic E-state index is 12.8. The fraction of sp³-hybridized carbons (Fsp3) is 0.359. The van der Waals surface area contributed by atoms with Gasteiger partial charge in [-0.3, -0.25) is 4.79 Å². The highest BCUT2D eigenvalue weighted by Gasteiger charge is 2.27. The second-order valence-corrected chi connectivity index (χ2v) is 12.0. The number of ether oxygens (including phenoxy) is 2. The monoisotopic (exact) mass is 679 g/mol. The maximum atomic E-state index is 12.8. The van der Waals surface area contributed by atoms with Gasteiger partial charge in [0.2, 0.25) is 17.4 Å². The second kappa shape index (κ2) is 18.5. The van der Waals surface area contributed by atoms with Gasteiger partial charge in [0.25, 0.3) is 0 Å². The smallest absolute Gasteiger partial charge is 0.246 e. The summed E-state index contributed by atoms with van der Waals surface area (Å²) in [5, 5.41) is 11.2. The number of hydrogen-bond acceptors (Lipinski definition) is 9. The highest BCUT2D eigenvalue weighted by atomic mass is 16.5. The van der Waals surface area contributed by atoms with Crippen molar-refractivity contribution in [2.45, 2.75) is 47.5 Å². The number of hydrazone groups is 1. The van der Waals surface area contributed by atoms with Gasteiger partial charge >= 0.3 is 0 Å². The lowest BCUT2D eigenvalue weighted by atomic mass is 10.1. The number of aromatic nitrogens is 2. The van der Waals surface area contributed by atoms with Crippen LogP contribution in [0, 0.1) is 6.92 Å². The Bertz CT molecular complexity index is 1870. The van der Waals surface area contributed by atoms with Gasteiger partial charge in [0.1, 0.15) is 23.7 Å². The Morgan fingerprint density at radius 2 is 2.00 bits per heavy atom. The Labute approximate surface area is 296 Å². The molecule has 0 saturated heterocycles. The lowest BCUT2D eigenvalue weighted by Gasteiger charge is -2.23. The van der Waals surface area contributed by atoms with Crippen molar-refractivity contribution in [3.8, 4) is 5.75 Å². The SMILES string of the molecule is C/C=N\N1C=CC(Oc2ccc(Nc3ncnc(=C/C)/c3=C(OC)\C(=C\CC)[N+]3=CCN(C(=O)/C=C/CN(C)C)CC3)cc2C)=C/C1=C\CC. The van der Waals surface area contributed by atoms with Gasteiger partial charge in [0.05, 0.1) is 36.5 Å². The summed E-state index contributed by atoms with van der Waals surface area (Å²) in [6.45, 7) is 12.5. The van der Waals surface area contributed by atoms with Gasteiger partial charge in [-0.25, -0.2) is 15.0 Å². The predicted octanol–water partition coefficient (Wildman–Crippen LogP) is 4.81. The average molecular weight is 680 g/mol. The van der Waals surface area contributed by atoms with E-state index in [1.165, 1.54) is 0 Å². The van der Waals surface area contributed by atoms with Gasteiger partial charge in [-0.15, -0.1) is 0 Å². The van der Waals surface area contributed by atoms with E-state index in [2.05, 4.69) is 51.0 Å². The molecule has 0 aliphatic carbocycles. The summed E-state index contributed by atoms with van der Waals surface area (Å²) in [5.74, 6) is 2.75. The Balaban J connectivity index is 1.64. The molecule has 3 heterocycles. The van der Waals surface area contributed by atoms with Crippen LogP contribution < -0.4 is 20.6 Å². The predicted molar refractivity (Wildman–Crippen MR) is 202 cm³/mol. The summed E-state index contributed by atoms with van der Waals surface area (Å²) >= 11 is 0. The number of amides is 1. The third-order valence-electron chi connectivity index (χ3n) is 7.95. The zero-order valence-electron chi connectivity index (χ0n) is 30.7. The van der Waals surface area contributed by atoms with Gasteiger partial charge in [0.15, 0.2) is 12.8 Å². The molecule has 264 valence electrons. The summed E-state index contributed by atoms with van der Waals surface area (Å²) in [5.41, 5.74) is 3.66. The Morgan fingerprint density at radius 3 is 2.64 bits per heavy atom. The van der Waals surface area contributed by atoms with Crippen molar-refractivity contribution in [2.24, 2.45) is 5.10 Å². The van der Waals surface area contributed by atoms with Crippen molar-refractivity contribution >= 4 is 41.7 Å². The highest BCUT2D eigenvalue weighted by Crippen LogP contribution is 2.28. The summed E-state index contributed by atoms with van der Waals surface area (Å²) < 4.78 is 14.6. The number of likely N-dealkylation sites (N-methyl/N-ethyl adjacent to an activating group) is 1. The largest absolute Gasteiger partial charge is 0.490 e. The third kappa shape index (κ3) is 9.66. The molecule has 1 amide bonds. The minimum Gasteiger partial charge on any atom is -0.490 e. The van der Waals surface area contributed by atoms with E-state index in [0.717, 1.165) is 64.1 Å². The number of carbonyl (C=O) groups excluding carboxylic acids is 1. The van der Waals surface area contributed by atoms with E-state index in [1.807, 2.05) is 105 Å². The Morgan fingerprint density at radius 1 is 1.18 bits per heavy atom. The Kier molecular flexibility index (Phi) is 13.9. The van der Waals surface area contributed by atoms with Crippen LogP contribution in [0.3, 0.4) is 0 Å². The summed E-state index contributed by atoms with van der Waals surface area (Å²) in [6, 6.07) is 5.96. The van der Waals surface area contributed by atoms with E-state index < -0.39 is 0 Å². The van der Waals surface area contributed by atoms with Crippen LogP contribution in [0.4, 0.5) is 11.5 Å². The number of carbonyl (C=O) groups is 1. The van der Waals surface area contributed by atoms with Gasteiger partial charge < -0.3 is 24.6 Å². The van der Waals surface area contributed by atoms with Crippen LogP contribution in [-0.2, 0) is 9.53 Å². The summed E-state index contributed by atoms with van der Waals surface area (Å²) in [7, 11) is 5.63. The molecule has 0 bridgehead atoms. The molecule has 0 saturated carbocycles. The summed E-state index contributed by atoms with van der Waals surface area (Å²) in [4.78, 5) is 25.9. The molecule has 2 aliphatic rings. The fourth-order valence-corrected chi connectivity index (χ4v) is 5.55. The standard InChI is InChI=1S/C39H51N8O3/c1-9-14-31-27-32(19-21-47(31)42-12-4)50-35-18-17-30(26-29(35)5)43-39-37(33(11-3)40-28-41-39)38(49-8)34(15-10-2)45-22-24-46(25-23-45)36(48)16-13-20-44(6)7/h11-19,21-22,26-28H,9-10,20,23-25H2,1-8H3,(H,40,41,43)/q+1/b16-13+,31-14+,33-11+,34-15-,38-37-,42-12-. The first-order chi connectivity index (χ1) is 24.2. The topological polar surface area (TPSA) is 98.4 Å². The van der Waals surface area contributed by atoms with E-state index in [4.69, 9.17) is 9.47 Å². The van der Waals surface area contributed by atoms with Crippen LogP contribution in [0.5, 0.6) is 5.75 Å². The van der Waals surface area contributed by atoms with E-state index in [-0.39, 0.29) is 5.91 Å². The van der Waals surface area contributed by atoms with E-state index >= 15 is 0 Å². The van der Waals surface area contributed by atoms with Crippen molar-refractivity contribution in [2.75, 3.05) is 52.7 Å². The number of nitrogens with zero attached hydrogens (tertiary/aromatic N) is 7. The van der Waals surface area contributed by atoms with Crippen LogP contribution in [0.25, 0.3) is 11.8 Å². The molecule has 0 unspecified atom stereocenters. The molecule has 1 N–H and O–H groups in total. The number of anilines is 2. The first-order valence-corrected chi connectivity index (χ1v) is 17.1. The van der Waals surface area contributed by atoms with Crippen molar-refractivity contribution in [3.63, 3.8) is 0 Å². The molecule has 0 fully saturated rings. The van der Waals surface area contributed by atoms with Gasteiger partial charge in [0, 0.05) is 36.8 Å². The first kappa shape index (κ1) is 37.5. The highest BCUT2D eigenvalue weighted by molar-refractivity contribution is 5.89. The molecule has 4 rings (SSSR count). The number of benzene rings is 1. The molecule has 2 aromatic rings.